The van der Waals surface area contributed by atoms with Crippen molar-refractivity contribution in [3.05, 3.63) is 84.7 Å². The van der Waals surface area contributed by atoms with Crippen LogP contribution in [0.4, 0.5) is 5.82 Å². The average molecular weight is 411 g/mol. The predicted molar refractivity (Wildman–Crippen MR) is 126 cm³/mol. The number of hydrogen-bond acceptors (Lipinski definition) is 5. The summed E-state index contributed by atoms with van der Waals surface area (Å²) in [5.74, 6) is 1.48. The first-order valence-electron chi connectivity index (χ1n) is 10.4. The molecule has 4 aromatic rings. The fraction of sp³-hybridized carbons (Fsp3) is 0.192. The molecule has 5 heteroatoms. The summed E-state index contributed by atoms with van der Waals surface area (Å²) in [4.78, 5) is 14.1. The van der Waals surface area contributed by atoms with E-state index in [1.165, 1.54) is 5.56 Å². The van der Waals surface area contributed by atoms with E-state index in [-0.39, 0.29) is 0 Å². The number of pyridine rings is 1. The first kappa shape index (κ1) is 20.7. The summed E-state index contributed by atoms with van der Waals surface area (Å²) in [6.45, 7) is 3.57. The molecular formula is C26H26N4O. The first-order valence-corrected chi connectivity index (χ1v) is 10.4. The minimum atomic E-state index is 0.688. The zero-order chi connectivity index (χ0) is 21.5. The Balaban J connectivity index is 1.71. The number of methoxy groups -OCH3 is 1. The predicted octanol–water partition coefficient (Wildman–Crippen LogP) is 5.63. The molecule has 156 valence electrons. The third-order valence-corrected chi connectivity index (χ3v) is 5.01. The molecule has 2 aromatic heterocycles. The maximum Gasteiger partial charge on any atom is 0.162 e. The molecule has 31 heavy (non-hydrogen) atoms. The molecule has 5 nitrogen and oxygen atoms in total. The highest BCUT2D eigenvalue weighted by Gasteiger charge is 2.10. The summed E-state index contributed by atoms with van der Waals surface area (Å²) >= 11 is 0. The molecule has 0 saturated carbocycles. The van der Waals surface area contributed by atoms with Crippen LogP contribution in [0.1, 0.15) is 12.0 Å². The Morgan fingerprint density at radius 3 is 2.35 bits per heavy atom. The summed E-state index contributed by atoms with van der Waals surface area (Å²) in [6, 6.07) is 22.6. The lowest BCUT2D eigenvalue weighted by molar-refractivity contribution is 0.198. The number of aryl methyl sites for hydroxylation is 1. The van der Waals surface area contributed by atoms with Crippen LogP contribution in [-0.4, -0.2) is 35.2 Å². The topological polar surface area (TPSA) is 59.9 Å². The second-order valence-electron chi connectivity index (χ2n) is 7.43. The van der Waals surface area contributed by atoms with Crippen LogP contribution >= 0.6 is 0 Å². The Labute approximate surface area is 183 Å². The fourth-order valence-corrected chi connectivity index (χ4v) is 3.32. The van der Waals surface area contributed by atoms with Gasteiger partial charge in [0.15, 0.2) is 5.82 Å². The minimum absolute atomic E-state index is 0.688. The lowest BCUT2D eigenvalue weighted by Gasteiger charge is -2.11. The van der Waals surface area contributed by atoms with Crippen molar-refractivity contribution in [1.82, 2.24) is 15.0 Å². The van der Waals surface area contributed by atoms with E-state index in [9.17, 15) is 0 Å². The van der Waals surface area contributed by atoms with E-state index in [4.69, 9.17) is 14.7 Å². The smallest absolute Gasteiger partial charge is 0.162 e. The van der Waals surface area contributed by atoms with Crippen molar-refractivity contribution in [3.8, 4) is 33.8 Å². The molecule has 0 bridgehead atoms. The number of aromatic nitrogens is 3. The van der Waals surface area contributed by atoms with Gasteiger partial charge >= 0.3 is 0 Å². The van der Waals surface area contributed by atoms with Crippen LogP contribution in [0.5, 0.6) is 0 Å². The van der Waals surface area contributed by atoms with Crippen LogP contribution in [0.2, 0.25) is 0 Å². The monoisotopic (exact) mass is 410 g/mol. The van der Waals surface area contributed by atoms with Gasteiger partial charge in [-0.1, -0.05) is 60.2 Å². The Morgan fingerprint density at radius 2 is 1.58 bits per heavy atom. The average Bonchev–Trinajstić information content (AvgIpc) is 2.83. The van der Waals surface area contributed by atoms with Crippen molar-refractivity contribution in [1.29, 1.82) is 0 Å². The second-order valence-corrected chi connectivity index (χ2v) is 7.43. The van der Waals surface area contributed by atoms with Crippen molar-refractivity contribution in [2.45, 2.75) is 13.3 Å². The van der Waals surface area contributed by atoms with Crippen molar-refractivity contribution >= 4 is 5.82 Å². The number of anilines is 1. The molecule has 0 atom stereocenters. The molecule has 0 aliphatic rings. The minimum Gasteiger partial charge on any atom is -0.385 e. The van der Waals surface area contributed by atoms with E-state index < -0.39 is 0 Å². The molecule has 0 fully saturated rings. The van der Waals surface area contributed by atoms with E-state index >= 15 is 0 Å². The summed E-state index contributed by atoms with van der Waals surface area (Å²) in [5, 5.41) is 3.40. The number of benzene rings is 2. The Hall–Kier alpha value is -3.57. The van der Waals surface area contributed by atoms with Crippen LogP contribution in [0, 0.1) is 6.92 Å². The van der Waals surface area contributed by atoms with Gasteiger partial charge in [-0.2, -0.15) is 0 Å². The van der Waals surface area contributed by atoms with E-state index in [2.05, 4.69) is 47.6 Å². The Morgan fingerprint density at radius 1 is 0.806 bits per heavy atom. The molecule has 0 spiro atoms. The molecule has 2 aromatic carbocycles. The zero-order valence-corrected chi connectivity index (χ0v) is 17.9. The Kier molecular flexibility index (Phi) is 6.65. The van der Waals surface area contributed by atoms with Crippen LogP contribution in [0.15, 0.2) is 79.1 Å². The van der Waals surface area contributed by atoms with E-state index in [0.717, 1.165) is 46.7 Å². The standard InChI is InChI=1S/C26H26N4O/c1-19-9-11-20(12-10-19)22-15-23(18-27-17-22)24-16-25(28-13-6-14-31-2)30-26(29-24)21-7-4-3-5-8-21/h3-5,7-12,15-18H,6,13-14H2,1-2H3,(H,28,29,30). The van der Waals surface area contributed by atoms with E-state index in [1.807, 2.05) is 48.8 Å². The van der Waals surface area contributed by atoms with Gasteiger partial charge in [0.2, 0.25) is 0 Å². The van der Waals surface area contributed by atoms with Gasteiger partial charge in [0, 0.05) is 55.4 Å². The number of rotatable bonds is 8. The molecule has 0 radical (unpaired) electrons. The third kappa shape index (κ3) is 5.32. The summed E-state index contributed by atoms with van der Waals surface area (Å²) in [7, 11) is 1.71. The number of nitrogens with zero attached hydrogens (tertiary/aromatic N) is 3. The molecule has 0 saturated heterocycles. The van der Waals surface area contributed by atoms with E-state index in [0.29, 0.717) is 12.4 Å². The highest BCUT2D eigenvalue weighted by atomic mass is 16.5. The number of hydrogen-bond donors (Lipinski definition) is 1. The number of ether oxygens (including phenoxy) is 1. The van der Waals surface area contributed by atoms with Crippen LogP contribution in [0.25, 0.3) is 33.8 Å². The lowest BCUT2D eigenvalue weighted by atomic mass is 10.0. The third-order valence-electron chi connectivity index (χ3n) is 5.01. The Bertz CT molecular complexity index is 1130. The molecule has 0 aliphatic carbocycles. The van der Waals surface area contributed by atoms with Gasteiger partial charge in [-0.25, -0.2) is 9.97 Å². The maximum atomic E-state index is 5.15. The SMILES string of the molecule is COCCCNc1cc(-c2cncc(-c3ccc(C)cc3)c2)nc(-c2ccccc2)n1. The fourth-order valence-electron chi connectivity index (χ4n) is 3.32. The molecule has 0 unspecified atom stereocenters. The van der Waals surface area contributed by atoms with E-state index in [1.54, 1.807) is 7.11 Å². The maximum absolute atomic E-state index is 5.15. The highest BCUT2D eigenvalue weighted by molar-refractivity contribution is 5.72. The van der Waals surface area contributed by atoms with Gasteiger partial charge in [0.25, 0.3) is 0 Å². The largest absolute Gasteiger partial charge is 0.385 e. The van der Waals surface area contributed by atoms with Crippen molar-refractivity contribution in [3.63, 3.8) is 0 Å². The zero-order valence-electron chi connectivity index (χ0n) is 17.9. The van der Waals surface area contributed by atoms with Crippen molar-refractivity contribution in [2.75, 3.05) is 25.6 Å². The van der Waals surface area contributed by atoms with Gasteiger partial charge < -0.3 is 10.1 Å². The molecule has 2 heterocycles. The summed E-state index contributed by atoms with van der Waals surface area (Å²) in [5.41, 5.74) is 6.21. The second kappa shape index (κ2) is 9.96. The molecule has 0 aliphatic heterocycles. The number of nitrogens with one attached hydrogen (secondary N) is 1. The highest BCUT2D eigenvalue weighted by Crippen LogP contribution is 2.27. The van der Waals surface area contributed by atoms with Gasteiger partial charge in [-0.3, -0.25) is 4.98 Å². The van der Waals surface area contributed by atoms with Crippen LogP contribution in [0.3, 0.4) is 0 Å². The van der Waals surface area contributed by atoms with Crippen molar-refractivity contribution < 1.29 is 4.74 Å². The van der Waals surface area contributed by atoms with Crippen LogP contribution in [-0.2, 0) is 4.74 Å². The molecule has 0 amide bonds. The van der Waals surface area contributed by atoms with Crippen molar-refractivity contribution in [2.24, 2.45) is 0 Å². The molecular weight excluding hydrogens is 384 g/mol. The van der Waals surface area contributed by atoms with Gasteiger partial charge in [-0.05, 0) is 25.0 Å². The first-order chi connectivity index (χ1) is 15.2. The van der Waals surface area contributed by atoms with Gasteiger partial charge in [0.1, 0.15) is 5.82 Å². The molecule has 4 rings (SSSR count). The van der Waals surface area contributed by atoms with Gasteiger partial charge in [-0.15, -0.1) is 0 Å². The van der Waals surface area contributed by atoms with Gasteiger partial charge in [0.05, 0.1) is 5.69 Å². The normalized spacial score (nSPS) is 10.8. The molecule has 1 N–H and O–H groups in total. The lowest BCUT2D eigenvalue weighted by Crippen LogP contribution is -2.07. The summed E-state index contributed by atoms with van der Waals surface area (Å²) < 4.78 is 5.15. The quantitative estimate of drug-likeness (QED) is 0.382. The van der Waals surface area contributed by atoms with Crippen LogP contribution < -0.4 is 5.32 Å². The summed E-state index contributed by atoms with van der Waals surface area (Å²) in [6.07, 6.45) is 4.64.